The average Bonchev–Trinajstić information content (AvgIpc) is 1.84. The summed E-state index contributed by atoms with van der Waals surface area (Å²) in [6.45, 7) is 5.14. The maximum absolute atomic E-state index is 11.0. The molecule has 4 heteroatoms. The van der Waals surface area contributed by atoms with Gasteiger partial charge in [-0.25, -0.2) is 0 Å². The Balaban J connectivity index is 4.02. The van der Waals surface area contributed by atoms with Crippen LogP contribution in [0.4, 0.5) is 0 Å². The Morgan fingerprint density at radius 1 is 1.42 bits per heavy atom. The molecule has 0 radical (unpaired) electrons. The summed E-state index contributed by atoms with van der Waals surface area (Å²) in [5.74, 6) is -0.827. The molecule has 0 aromatic heterocycles. The van der Waals surface area contributed by atoms with Crippen LogP contribution in [0.5, 0.6) is 0 Å². The van der Waals surface area contributed by atoms with Gasteiger partial charge in [0.25, 0.3) is 0 Å². The van der Waals surface area contributed by atoms with E-state index >= 15 is 0 Å². The van der Waals surface area contributed by atoms with Crippen molar-refractivity contribution in [3.05, 3.63) is 11.6 Å². The fraction of sp³-hybridized carbons (Fsp3) is 0.500. The highest BCUT2D eigenvalue weighted by molar-refractivity contribution is 5.92. The minimum absolute atomic E-state index is 0.290. The molecular weight excluding hydrogens is 156 g/mol. The Bertz CT molecular complexity index is 217. The van der Waals surface area contributed by atoms with Crippen LogP contribution in [0.3, 0.4) is 0 Å². The van der Waals surface area contributed by atoms with Crippen molar-refractivity contribution in [2.24, 2.45) is 5.73 Å². The SMILES string of the molecule is CC(C)=CC(=O)N[C@H](C)C(N)=O. The second kappa shape index (κ2) is 4.54. The van der Waals surface area contributed by atoms with Crippen molar-refractivity contribution >= 4 is 11.8 Å². The van der Waals surface area contributed by atoms with Crippen LogP contribution in [0.1, 0.15) is 20.8 Å². The van der Waals surface area contributed by atoms with E-state index in [4.69, 9.17) is 5.73 Å². The van der Waals surface area contributed by atoms with Gasteiger partial charge in [-0.05, 0) is 20.8 Å². The molecule has 0 spiro atoms. The van der Waals surface area contributed by atoms with E-state index in [1.807, 2.05) is 0 Å². The Hall–Kier alpha value is -1.32. The molecule has 1 atom stereocenters. The summed E-state index contributed by atoms with van der Waals surface area (Å²) in [6.07, 6.45) is 1.42. The monoisotopic (exact) mass is 170 g/mol. The lowest BCUT2D eigenvalue weighted by molar-refractivity contribution is -0.124. The van der Waals surface area contributed by atoms with E-state index in [0.29, 0.717) is 0 Å². The van der Waals surface area contributed by atoms with Crippen molar-refractivity contribution in [2.75, 3.05) is 0 Å². The molecule has 3 N–H and O–H groups in total. The Kier molecular flexibility index (Phi) is 4.04. The van der Waals surface area contributed by atoms with Crippen molar-refractivity contribution < 1.29 is 9.59 Å². The fourth-order valence-corrected chi connectivity index (χ4v) is 0.588. The zero-order chi connectivity index (χ0) is 9.72. The highest BCUT2D eigenvalue weighted by Gasteiger charge is 2.09. The van der Waals surface area contributed by atoms with Gasteiger partial charge in [0.1, 0.15) is 6.04 Å². The highest BCUT2D eigenvalue weighted by Crippen LogP contribution is 1.88. The summed E-state index contributed by atoms with van der Waals surface area (Å²) in [5.41, 5.74) is 5.82. The van der Waals surface area contributed by atoms with Crippen molar-refractivity contribution in [3.63, 3.8) is 0 Å². The van der Waals surface area contributed by atoms with Crippen molar-refractivity contribution in [1.82, 2.24) is 5.32 Å². The minimum Gasteiger partial charge on any atom is -0.368 e. The molecule has 4 nitrogen and oxygen atoms in total. The number of hydrogen-bond donors (Lipinski definition) is 2. The van der Waals surface area contributed by atoms with Crippen molar-refractivity contribution in [2.45, 2.75) is 26.8 Å². The molecule has 0 saturated heterocycles. The van der Waals surface area contributed by atoms with Crippen LogP contribution in [0.15, 0.2) is 11.6 Å². The van der Waals surface area contributed by atoms with Crippen LogP contribution in [0, 0.1) is 0 Å². The van der Waals surface area contributed by atoms with Crippen LogP contribution in [0.2, 0.25) is 0 Å². The predicted molar refractivity (Wildman–Crippen MR) is 46.2 cm³/mol. The maximum atomic E-state index is 11.0. The third-order valence-corrected chi connectivity index (χ3v) is 1.21. The third-order valence-electron chi connectivity index (χ3n) is 1.21. The normalized spacial score (nSPS) is 11.6. The first-order valence-electron chi connectivity index (χ1n) is 3.68. The highest BCUT2D eigenvalue weighted by atomic mass is 16.2. The number of amides is 2. The fourth-order valence-electron chi connectivity index (χ4n) is 0.588. The van der Waals surface area contributed by atoms with Gasteiger partial charge in [-0.15, -0.1) is 0 Å². The molecule has 0 heterocycles. The number of nitrogens with one attached hydrogen (secondary N) is 1. The first kappa shape index (κ1) is 10.7. The van der Waals surface area contributed by atoms with Crippen molar-refractivity contribution in [3.8, 4) is 0 Å². The lowest BCUT2D eigenvalue weighted by Crippen LogP contribution is -2.41. The summed E-state index contributed by atoms with van der Waals surface area (Å²) >= 11 is 0. The van der Waals surface area contributed by atoms with Gasteiger partial charge in [-0.1, -0.05) is 5.57 Å². The number of nitrogens with two attached hydrogens (primary N) is 1. The molecule has 0 aromatic rings. The van der Waals surface area contributed by atoms with Gasteiger partial charge in [-0.3, -0.25) is 9.59 Å². The average molecular weight is 170 g/mol. The van der Waals surface area contributed by atoms with Gasteiger partial charge in [0, 0.05) is 6.08 Å². The van der Waals surface area contributed by atoms with Gasteiger partial charge in [-0.2, -0.15) is 0 Å². The van der Waals surface area contributed by atoms with Gasteiger partial charge >= 0.3 is 0 Å². The molecular formula is C8H14N2O2. The van der Waals surface area contributed by atoms with Crippen molar-refractivity contribution in [1.29, 1.82) is 0 Å². The molecule has 0 aliphatic rings. The van der Waals surface area contributed by atoms with E-state index in [-0.39, 0.29) is 5.91 Å². The van der Waals surface area contributed by atoms with E-state index < -0.39 is 11.9 Å². The van der Waals surface area contributed by atoms with E-state index in [1.54, 1.807) is 20.8 Å². The van der Waals surface area contributed by atoms with Gasteiger partial charge in [0.15, 0.2) is 0 Å². The van der Waals surface area contributed by atoms with Crippen LogP contribution in [0.25, 0.3) is 0 Å². The molecule has 0 fully saturated rings. The number of carbonyl (C=O) groups is 2. The molecule has 2 amide bonds. The Morgan fingerprint density at radius 2 is 1.92 bits per heavy atom. The van der Waals surface area contributed by atoms with Crippen LogP contribution >= 0.6 is 0 Å². The molecule has 0 aromatic carbocycles. The molecule has 12 heavy (non-hydrogen) atoms. The zero-order valence-corrected chi connectivity index (χ0v) is 7.55. The van der Waals surface area contributed by atoms with Gasteiger partial charge in [0.05, 0.1) is 0 Å². The van der Waals surface area contributed by atoms with Gasteiger partial charge in [0.2, 0.25) is 11.8 Å². The number of rotatable bonds is 3. The summed E-state index contributed by atoms with van der Waals surface area (Å²) in [5, 5.41) is 2.42. The summed E-state index contributed by atoms with van der Waals surface area (Å²) in [4.78, 5) is 21.5. The summed E-state index contributed by atoms with van der Waals surface area (Å²) in [7, 11) is 0. The first-order chi connectivity index (χ1) is 5.43. The summed E-state index contributed by atoms with van der Waals surface area (Å²) in [6, 6.07) is -0.618. The number of carbonyl (C=O) groups excluding carboxylic acids is 2. The largest absolute Gasteiger partial charge is 0.368 e. The summed E-state index contributed by atoms with van der Waals surface area (Å²) < 4.78 is 0. The Morgan fingerprint density at radius 3 is 2.25 bits per heavy atom. The van der Waals surface area contributed by atoms with Gasteiger partial charge < -0.3 is 11.1 Å². The molecule has 0 aliphatic carbocycles. The second-order valence-electron chi connectivity index (χ2n) is 2.85. The lowest BCUT2D eigenvalue weighted by atomic mass is 10.3. The molecule has 0 bridgehead atoms. The lowest BCUT2D eigenvalue weighted by Gasteiger charge is -2.07. The standard InChI is InChI=1S/C8H14N2O2/c1-5(2)4-7(11)10-6(3)8(9)12/h4,6H,1-3H3,(H2,9,12)(H,10,11)/t6-/m1/s1. The van der Waals surface area contributed by atoms with E-state index in [1.165, 1.54) is 6.08 Å². The van der Waals surface area contributed by atoms with Crippen LogP contribution in [-0.4, -0.2) is 17.9 Å². The molecule has 68 valence electrons. The molecule has 0 rings (SSSR count). The smallest absolute Gasteiger partial charge is 0.244 e. The Labute approximate surface area is 71.8 Å². The quantitative estimate of drug-likeness (QED) is 0.582. The number of primary amides is 1. The molecule has 0 aliphatic heterocycles. The minimum atomic E-state index is -0.618. The van der Waals surface area contributed by atoms with Crippen LogP contribution < -0.4 is 11.1 Å². The first-order valence-corrected chi connectivity index (χ1v) is 3.68. The predicted octanol–water partition coefficient (Wildman–Crippen LogP) is -0.0574. The van der Waals surface area contributed by atoms with Crippen LogP contribution in [-0.2, 0) is 9.59 Å². The molecule has 0 saturated carbocycles. The number of hydrogen-bond acceptors (Lipinski definition) is 2. The topological polar surface area (TPSA) is 72.2 Å². The third kappa shape index (κ3) is 4.49. The second-order valence-corrected chi connectivity index (χ2v) is 2.85. The number of allylic oxidation sites excluding steroid dienone is 1. The molecule has 0 unspecified atom stereocenters. The van der Waals surface area contributed by atoms with E-state index in [0.717, 1.165) is 5.57 Å². The zero-order valence-electron chi connectivity index (χ0n) is 7.55. The van der Waals surface area contributed by atoms with E-state index in [2.05, 4.69) is 5.32 Å². The van der Waals surface area contributed by atoms with E-state index in [9.17, 15) is 9.59 Å². The maximum Gasteiger partial charge on any atom is 0.244 e.